The molecule has 5 heteroatoms. The predicted octanol–water partition coefficient (Wildman–Crippen LogP) is 4.01. The molecular weight excluding hydrogens is 330 g/mol. The van der Waals surface area contributed by atoms with Crippen LogP contribution in [-0.2, 0) is 25.8 Å². The molecule has 0 fully saturated rings. The largest absolute Gasteiger partial charge is 0.377 e. The van der Waals surface area contributed by atoms with E-state index in [4.69, 9.17) is 9.57 Å². The lowest BCUT2D eigenvalue weighted by Crippen LogP contribution is -2.34. The number of hydroxylamine groups is 2. The topological polar surface area (TPSA) is 55.8 Å². The molecule has 5 nitrogen and oxygen atoms in total. The maximum absolute atomic E-state index is 12.5. The van der Waals surface area contributed by atoms with Crippen LogP contribution < -0.4 is 0 Å². The summed E-state index contributed by atoms with van der Waals surface area (Å²) >= 11 is 0. The van der Waals surface area contributed by atoms with E-state index in [1.165, 1.54) is 12.2 Å². The lowest BCUT2D eigenvalue weighted by atomic mass is 9.86. The van der Waals surface area contributed by atoms with Crippen molar-refractivity contribution >= 4 is 11.7 Å². The molecule has 0 aliphatic heterocycles. The summed E-state index contributed by atoms with van der Waals surface area (Å²) < 4.78 is 5.68. The van der Waals surface area contributed by atoms with Crippen LogP contribution in [0.5, 0.6) is 0 Å². The van der Waals surface area contributed by atoms with Crippen LogP contribution in [0.1, 0.15) is 52.0 Å². The molecular formula is C21H33NO4. The number of nitrogens with zero attached hydrogens (tertiary/aromatic N) is 1. The molecule has 0 aliphatic carbocycles. The van der Waals surface area contributed by atoms with Crippen molar-refractivity contribution in [1.82, 2.24) is 5.06 Å². The minimum absolute atomic E-state index is 0.0728. The first-order valence-corrected chi connectivity index (χ1v) is 9.18. The van der Waals surface area contributed by atoms with Gasteiger partial charge >= 0.3 is 0 Å². The van der Waals surface area contributed by atoms with Gasteiger partial charge in [-0.1, -0.05) is 51.1 Å². The van der Waals surface area contributed by atoms with Crippen LogP contribution in [0.3, 0.4) is 0 Å². The molecule has 0 spiro atoms. The number of carbonyl (C=O) groups excluding carboxylic acids is 2. The molecule has 0 bridgehead atoms. The summed E-state index contributed by atoms with van der Waals surface area (Å²) in [5.41, 5.74) is 1.05. The third-order valence-corrected chi connectivity index (χ3v) is 4.09. The van der Waals surface area contributed by atoms with Gasteiger partial charge in [0, 0.05) is 32.4 Å². The summed E-state index contributed by atoms with van der Waals surface area (Å²) in [5, 5.41) is 1.21. The van der Waals surface area contributed by atoms with Gasteiger partial charge in [-0.25, -0.2) is 5.06 Å². The first-order chi connectivity index (χ1) is 12.2. The van der Waals surface area contributed by atoms with Gasteiger partial charge in [0.2, 0.25) is 5.91 Å². The summed E-state index contributed by atoms with van der Waals surface area (Å²) in [4.78, 5) is 29.8. The summed E-state index contributed by atoms with van der Waals surface area (Å²) in [7, 11) is 3.03. The van der Waals surface area contributed by atoms with E-state index in [1.807, 2.05) is 51.1 Å². The molecule has 1 amide bonds. The van der Waals surface area contributed by atoms with Crippen LogP contribution in [0.2, 0.25) is 0 Å². The molecule has 0 saturated carbocycles. The van der Waals surface area contributed by atoms with Gasteiger partial charge in [-0.05, 0) is 23.8 Å². The second-order valence-corrected chi connectivity index (χ2v) is 7.88. The van der Waals surface area contributed by atoms with Crippen LogP contribution in [0.25, 0.3) is 0 Å². The Morgan fingerprint density at radius 2 is 1.81 bits per heavy atom. The Kier molecular flexibility index (Phi) is 9.52. The highest BCUT2D eigenvalue weighted by atomic mass is 16.7. The Labute approximate surface area is 157 Å². The van der Waals surface area contributed by atoms with Crippen molar-refractivity contribution in [3.63, 3.8) is 0 Å². The fourth-order valence-corrected chi connectivity index (χ4v) is 2.79. The van der Waals surface area contributed by atoms with Crippen LogP contribution in [0.15, 0.2) is 30.3 Å². The van der Waals surface area contributed by atoms with Crippen LogP contribution in [0.4, 0.5) is 0 Å². The summed E-state index contributed by atoms with van der Waals surface area (Å²) in [6.45, 7) is 7.20. The van der Waals surface area contributed by atoms with Gasteiger partial charge in [0.1, 0.15) is 5.78 Å². The number of benzene rings is 1. The molecule has 146 valence electrons. The molecule has 0 aliphatic rings. The highest BCUT2D eigenvalue weighted by molar-refractivity contribution is 5.86. The van der Waals surface area contributed by atoms with Gasteiger partial charge in [-0.3, -0.25) is 14.4 Å². The maximum atomic E-state index is 12.5. The summed E-state index contributed by atoms with van der Waals surface area (Å²) in [5.74, 6) is -0.404. The third kappa shape index (κ3) is 9.11. The van der Waals surface area contributed by atoms with E-state index in [-0.39, 0.29) is 29.4 Å². The monoisotopic (exact) mass is 363 g/mol. The normalized spacial score (nSPS) is 12.7. The van der Waals surface area contributed by atoms with Crippen molar-refractivity contribution in [2.45, 2.75) is 53.1 Å². The van der Waals surface area contributed by atoms with Crippen LogP contribution in [0, 0.1) is 11.3 Å². The highest BCUT2D eigenvalue weighted by Crippen LogP contribution is 2.23. The number of ketones is 1. The standard InChI is InChI=1S/C21H33NO4/c1-21(2,3)15-19(23)14-18(20(24)22(4)25-5)12-9-13-26-16-17-10-7-6-8-11-17/h6-8,10-11,18H,9,12-16H2,1-5H3. The summed E-state index contributed by atoms with van der Waals surface area (Å²) in [6.07, 6.45) is 2.06. The number of ether oxygens (including phenoxy) is 1. The Morgan fingerprint density at radius 1 is 1.15 bits per heavy atom. The van der Waals surface area contributed by atoms with E-state index in [2.05, 4.69) is 0 Å². The molecule has 1 aromatic carbocycles. The Hall–Kier alpha value is -1.72. The first kappa shape index (κ1) is 22.3. The van der Waals surface area contributed by atoms with Gasteiger partial charge in [0.25, 0.3) is 0 Å². The van der Waals surface area contributed by atoms with E-state index >= 15 is 0 Å². The number of hydrogen-bond donors (Lipinski definition) is 0. The fraction of sp³-hybridized carbons (Fsp3) is 0.619. The van der Waals surface area contributed by atoms with E-state index in [0.717, 1.165) is 12.0 Å². The second-order valence-electron chi connectivity index (χ2n) is 7.88. The zero-order valence-electron chi connectivity index (χ0n) is 16.8. The number of Topliss-reactive ketones (excluding diaryl/α,β-unsaturated/α-hetero) is 1. The molecule has 0 N–H and O–H groups in total. The SMILES string of the molecule is CON(C)C(=O)C(CCCOCc1ccccc1)CC(=O)CC(C)(C)C. The number of amides is 1. The average Bonchev–Trinajstić information content (AvgIpc) is 2.58. The van der Waals surface area contributed by atoms with Crippen LogP contribution >= 0.6 is 0 Å². The minimum atomic E-state index is -0.366. The van der Waals surface area contributed by atoms with Crippen molar-refractivity contribution in [2.24, 2.45) is 11.3 Å². The molecule has 0 radical (unpaired) electrons. The van der Waals surface area contributed by atoms with Crippen LogP contribution in [-0.4, -0.2) is 37.5 Å². The van der Waals surface area contributed by atoms with Gasteiger partial charge in [-0.2, -0.15) is 0 Å². The fourth-order valence-electron chi connectivity index (χ4n) is 2.79. The lowest BCUT2D eigenvalue weighted by molar-refractivity contribution is -0.174. The first-order valence-electron chi connectivity index (χ1n) is 9.18. The predicted molar refractivity (Wildman–Crippen MR) is 102 cm³/mol. The Balaban J connectivity index is 2.48. The molecule has 1 atom stereocenters. The minimum Gasteiger partial charge on any atom is -0.377 e. The molecule has 0 heterocycles. The third-order valence-electron chi connectivity index (χ3n) is 4.09. The Bertz CT molecular complexity index is 551. The zero-order valence-corrected chi connectivity index (χ0v) is 16.8. The zero-order chi connectivity index (χ0) is 19.6. The molecule has 1 aromatic rings. The summed E-state index contributed by atoms with van der Waals surface area (Å²) in [6, 6.07) is 9.97. The van der Waals surface area contributed by atoms with Crippen molar-refractivity contribution in [3.05, 3.63) is 35.9 Å². The average molecular weight is 363 g/mol. The number of hydrogen-bond acceptors (Lipinski definition) is 4. The smallest absolute Gasteiger partial charge is 0.249 e. The second kappa shape index (κ2) is 11.1. The molecule has 0 aromatic heterocycles. The van der Waals surface area contributed by atoms with Crippen molar-refractivity contribution in [3.8, 4) is 0 Å². The van der Waals surface area contributed by atoms with Gasteiger partial charge in [-0.15, -0.1) is 0 Å². The molecule has 1 rings (SSSR count). The lowest BCUT2D eigenvalue weighted by Gasteiger charge is -2.23. The van der Waals surface area contributed by atoms with Crippen molar-refractivity contribution in [2.75, 3.05) is 20.8 Å². The molecule has 0 saturated heterocycles. The van der Waals surface area contributed by atoms with Crippen molar-refractivity contribution in [1.29, 1.82) is 0 Å². The van der Waals surface area contributed by atoms with Gasteiger partial charge in [0.05, 0.1) is 13.7 Å². The van der Waals surface area contributed by atoms with E-state index < -0.39 is 0 Å². The molecule has 1 unspecified atom stereocenters. The van der Waals surface area contributed by atoms with E-state index in [9.17, 15) is 9.59 Å². The van der Waals surface area contributed by atoms with Crippen molar-refractivity contribution < 1.29 is 19.2 Å². The molecule has 26 heavy (non-hydrogen) atoms. The van der Waals surface area contributed by atoms with Gasteiger partial charge in [0.15, 0.2) is 0 Å². The quantitative estimate of drug-likeness (QED) is 0.440. The number of carbonyl (C=O) groups is 2. The van der Waals surface area contributed by atoms with Gasteiger partial charge < -0.3 is 4.74 Å². The Morgan fingerprint density at radius 3 is 2.38 bits per heavy atom. The van der Waals surface area contributed by atoms with E-state index in [0.29, 0.717) is 26.1 Å². The maximum Gasteiger partial charge on any atom is 0.249 e. The van der Waals surface area contributed by atoms with E-state index in [1.54, 1.807) is 7.05 Å². The highest BCUT2D eigenvalue weighted by Gasteiger charge is 2.26. The number of rotatable bonds is 11.